The Bertz CT molecular complexity index is 853. The number of ether oxygens (including phenoxy) is 1. The van der Waals surface area contributed by atoms with Gasteiger partial charge in [0.2, 0.25) is 0 Å². The average molecular weight is 443 g/mol. The zero-order valence-corrected chi connectivity index (χ0v) is 20.9. The molecule has 0 aliphatic carbocycles. The van der Waals surface area contributed by atoms with Crippen molar-refractivity contribution < 1.29 is 52.4 Å². The largest absolute Gasteiger partial charge is 1.00 e. The Hall–Kier alpha value is -1.05. The van der Waals surface area contributed by atoms with Crippen LogP contribution in [0.3, 0.4) is 0 Å². The zero-order valence-electron chi connectivity index (χ0n) is 18.1. The summed E-state index contributed by atoms with van der Waals surface area (Å²) < 4.78 is 38.3. The molecule has 5 nitrogen and oxygen atoms in total. The normalized spacial score (nSPS) is 11.1. The maximum atomic E-state index is 12.4. The SMILES string of the molecule is CCCCCCCCCCCc1cc(Oc2ccccc2)c([O-])c(S(=O)(=O)O)c1.[Na+]. The number of rotatable bonds is 13. The molecule has 0 aliphatic heterocycles. The van der Waals surface area contributed by atoms with Gasteiger partial charge in [-0.25, -0.2) is 0 Å². The number of unbranched alkanes of at least 4 members (excludes halogenated alkanes) is 8. The van der Waals surface area contributed by atoms with Crippen molar-refractivity contribution in [3.05, 3.63) is 48.0 Å². The fourth-order valence-electron chi connectivity index (χ4n) is 3.30. The Balaban J connectivity index is 0.00000450. The van der Waals surface area contributed by atoms with Crippen molar-refractivity contribution in [2.75, 3.05) is 0 Å². The van der Waals surface area contributed by atoms with E-state index < -0.39 is 20.8 Å². The minimum Gasteiger partial charge on any atom is -0.869 e. The second kappa shape index (κ2) is 14.1. The molecule has 0 aliphatic rings. The minimum absolute atomic E-state index is 0. The molecule has 7 heteroatoms. The van der Waals surface area contributed by atoms with Gasteiger partial charge in [0.15, 0.2) is 0 Å². The Morgan fingerprint density at radius 3 is 2.03 bits per heavy atom. The summed E-state index contributed by atoms with van der Waals surface area (Å²) >= 11 is 0. The van der Waals surface area contributed by atoms with Crippen LogP contribution in [0.4, 0.5) is 0 Å². The quantitative estimate of drug-likeness (QED) is 0.293. The van der Waals surface area contributed by atoms with Gasteiger partial charge in [-0.1, -0.05) is 76.5 Å². The van der Waals surface area contributed by atoms with Crippen LogP contribution in [0.5, 0.6) is 17.2 Å². The van der Waals surface area contributed by atoms with Gasteiger partial charge in [0, 0.05) is 0 Å². The third kappa shape index (κ3) is 9.40. The molecule has 0 atom stereocenters. The first-order valence-electron chi connectivity index (χ1n) is 10.5. The molecule has 0 radical (unpaired) electrons. The van der Waals surface area contributed by atoms with E-state index >= 15 is 0 Å². The first-order chi connectivity index (χ1) is 13.9. The number of para-hydroxylation sites is 1. The van der Waals surface area contributed by atoms with E-state index in [0.717, 1.165) is 19.3 Å². The molecule has 2 aromatic carbocycles. The van der Waals surface area contributed by atoms with Gasteiger partial charge in [0.05, 0.1) is 4.90 Å². The van der Waals surface area contributed by atoms with Crippen molar-refractivity contribution in [2.45, 2.75) is 76.0 Å². The molecular weight excluding hydrogens is 411 g/mol. The summed E-state index contributed by atoms with van der Waals surface area (Å²) in [4.78, 5) is -0.628. The van der Waals surface area contributed by atoms with E-state index in [0.29, 0.717) is 17.7 Å². The Kier molecular flexibility index (Phi) is 12.7. The first-order valence-corrected chi connectivity index (χ1v) is 11.9. The average Bonchev–Trinajstić information content (AvgIpc) is 2.69. The summed E-state index contributed by atoms with van der Waals surface area (Å²) in [5.74, 6) is -0.476. The molecule has 0 bridgehead atoms. The van der Waals surface area contributed by atoms with Gasteiger partial charge in [0.25, 0.3) is 10.1 Å². The van der Waals surface area contributed by atoms with Gasteiger partial charge in [0.1, 0.15) is 11.5 Å². The fraction of sp³-hybridized carbons (Fsp3) is 0.478. The number of hydrogen-bond donors (Lipinski definition) is 1. The van der Waals surface area contributed by atoms with Gasteiger partial charge in [-0.2, -0.15) is 8.42 Å². The smallest absolute Gasteiger partial charge is 0.869 e. The molecular formula is C23H31NaO5S. The Morgan fingerprint density at radius 2 is 1.47 bits per heavy atom. The second-order valence-corrected chi connectivity index (χ2v) is 8.78. The van der Waals surface area contributed by atoms with E-state index in [2.05, 4.69) is 6.92 Å². The molecule has 30 heavy (non-hydrogen) atoms. The van der Waals surface area contributed by atoms with Crippen LogP contribution in [0.15, 0.2) is 47.4 Å². The molecule has 0 heterocycles. The molecule has 0 saturated heterocycles. The Morgan fingerprint density at radius 1 is 0.900 bits per heavy atom. The van der Waals surface area contributed by atoms with Crippen molar-refractivity contribution in [2.24, 2.45) is 0 Å². The van der Waals surface area contributed by atoms with Gasteiger partial charge in [-0.15, -0.1) is 0 Å². The predicted molar refractivity (Wildman–Crippen MR) is 113 cm³/mol. The van der Waals surface area contributed by atoms with E-state index in [9.17, 15) is 18.1 Å². The molecule has 0 aromatic heterocycles. The van der Waals surface area contributed by atoms with Crippen LogP contribution in [-0.2, 0) is 16.5 Å². The van der Waals surface area contributed by atoms with Crippen LogP contribution >= 0.6 is 0 Å². The molecule has 0 amide bonds. The number of benzene rings is 2. The maximum absolute atomic E-state index is 12.4. The van der Waals surface area contributed by atoms with E-state index in [-0.39, 0.29) is 35.3 Å². The fourth-order valence-corrected chi connectivity index (χ4v) is 3.93. The summed E-state index contributed by atoms with van der Waals surface area (Å²) in [6.07, 6.45) is 11.3. The number of hydrogen-bond acceptors (Lipinski definition) is 4. The zero-order chi connectivity index (χ0) is 21.1. The Labute approximate surface area is 202 Å². The van der Waals surface area contributed by atoms with Crippen molar-refractivity contribution in [3.8, 4) is 17.2 Å². The second-order valence-electron chi connectivity index (χ2n) is 7.39. The van der Waals surface area contributed by atoms with Crippen molar-refractivity contribution in [3.63, 3.8) is 0 Å². The molecule has 1 N–H and O–H groups in total. The summed E-state index contributed by atoms with van der Waals surface area (Å²) in [6.45, 7) is 2.21. The first kappa shape index (κ1) is 27.0. The summed E-state index contributed by atoms with van der Waals surface area (Å²) in [5.41, 5.74) is 0.672. The van der Waals surface area contributed by atoms with Crippen LogP contribution in [-0.4, -0.2) is 13.0 Å². The van der Waals surface area contributed by atoms with Crippen molar-refractivity contribution in [1.82, 2.24) is 0 Å². The standard InChI is InChI=1S/C23H32O5S.Na/c1-2-3-4-5-6-7-8-9-11-14-19-17-21(28-20-15-12-10-13-16-20)23(24)22(18-19)29(25,26)27;/h10,12-13,15-18,24H,2-9,11,14H2,1H3,(H,25,26,27);/q;+1/p-1. The third-order valence-electron chi connectivity index (χ3n) is 4.90. The van der Waals surface area contributed by atoms with E-state index in [1.807, 2.05) is 6.07 Å². The van der Waals surface area contributed by atoms with Crippen LogP contribution < -0.4 is 39.4 Å². The third-order valence-corrected chi connectivity index (χ3v) is 5.76. The summed E-state index contributed by atoms with van der Waals surface area (Å²) in [7, 11) is -4.61. The van der Waals surface area contributed by atoms with E-state index in [1.54, 1.807) is 30.3 Å². The van der Waals surface area contributed by atoms with Crippen LogP contribution in [0.1, 0.15) is 70.3 Å². The van der Waals surface area contributed by atoms with Gasteiger partial charge < -0.3 is 9.84 Å². The number of aryl methyl sites for hydroxylation is 1. The van der Waals surface area contributed by atoms with Crippen molar-refractivity contribution in [1.29, 1.82) is 0 Å². The summed E-state index contributed by atoms with van der Waals surface area (Å²) in [6, 6.07) is 11.5. The minimum atomic E-state index is -4.61. The van der Waals surface area contributed by atoms with Crippen LogP contribution in [0, 0.1) is 0 Å². The topological polar surface area (TPSA) is 86.7 Å². The molecule has 0 saturated carbocycles. The van der Waals surface area contributed by atoms with Gasteiger partial charge in [-0.05, 0) is 48.4 Å². The predicted octanol–water partition coefficient (Wildman–Crippen LogP) is 2.88. The van der Waals surface area contributed by atoms with E-state index in [4.69, 9.17) is 4.74 Å². The molecule has 0 spiro atoms. The van der Waals surface area contributed by atoms with Gasteiger partial charge in [-0.3, -0.25) is 4.55 Å². The van der Waals surface area contributed by atoms with Crippen LogP contribution in [0.2, 0.25) is 0 Å². The van der Waals surface area contributed by atoms with Gasteiger partial charge >= 0.3 is 29.6 Å². The molecule has 160 valence electrons. The van der Waals surface area contributed by atoms with Crippen molar-refractivity contribution >= 4 is 10.1 Å². The van der Waals surface area contributed by atoms with Crippen LogP contribution in [0.25, 0.3) is 0 Å². The molecule has 0 unspecified atom stereocenters. The maximum Gasteiger partial charge on any atom is 1.00 e. The molecule has 2 aromatic rings. The van der Waals surface area contributed by atoms with E-state index in [1.165, 1.54) is 44.6 Å². The molecule has 2 rings (SSSR count). The monoisotopic (exact) mass is 442 g/mol. The summed E-state index contributed by atoms with van der Waals surface area (Å²) in [5, 5.41) is 12.4. The molecule has 0 fully saturated rings.